The lowest BCUT2D eigenvalue weighted by molar-refractivity contribution is 0.138. The van der Waals surface area contributed by atoms with E-state index in [9.17, 15) is 0 Å². The lowest BCUT2D eigenvalue weighted by Gasteiger charge is -2.50. The van der Waals surface area contributed by atoms with Crippen molar-refractivity contribution < 1.29 is 0 Å². The Morgan fingerprint density at radius 3 is 1.54 bits per heavy atom. The highest BCUT2D eigenvalue weighted by molar-refractivity contribution is 8.01. The van der Waals surface area contributed by atoms with Crippen molar-refractivity contribution in [1.82, 2.24) is 0 Å². The zero-order chi connectivity index (χ0) is 10.3. The highest BCUT2D eigenvalue weighted by atomic mass is 32.2. The largest absolute Gasteiger partial charge is 0.154 e. The van der Waals surface area contributed by atoms with Crippen molar-refractivity contribution in [3.63, 3.8) is 0 Å². The number of thioether (sulfide) groups is 1. The quantitative estimate of drug-likeness (QED) is 0.560. The first-order chi connectivity index (χ1) is 5.71. The fourth-order valence-electron chi connectivity index (χ4n) is 2.95. The molecule has 13 heavy (non-hydrogen) atoms. The Bertz CT molecular complexity index is 158. The van der Waals surface area contributed by atoms with Gasteiger partial charge in [0.05, 0.1) is 0 Å². The van der Waals surface area contributed by atoms with Crippen LogP contribution in [0.15, 0.2) is 0 Å². The second kappa shape index (κ2) is 3.18. The Balaban J connectivity index is 3.02. The van der Waals surface area contributed by atoms with E-state index in [4.69, 9.17) is 0 Å². The summed E-state index contributed by atoms with van der Waals surface area (Å²) in [6.45, 7) is 14.4. The molecule has 1 rings (SSSR count). The summed E-state index contributed by atoms with van der Waals surface area (Å²) in [7, 11) is 0. The van der Waals surface area contributed by atoms with Crippen molar-refractivity contribution in [1.29, 1.82) is 0 Å². The summed E-state index contributed by atoms with van der Waals surface area (Å²) in [6, 6.07) is 0. The van der Waals surface area contributed by atoms with Gasteiger partial charge in [0.25, 0.3) is 0 Å². The van der Waals surface area contributed by atoms with Crippen molar-refractivity contribution in [2.75, 3.05) is 5.75 Å². The van der Waals surface area contributed by atoms with Gasteiger partial charge in [0.1, 0.15) is 0 Å². The Morgan fingerprint density at radius 1 is 0.923 bits per heavy atom. The highest BCUT2D eigenvalue weighted by Gasteiger charge is 2.52. The maximum atomic E-state index is 2.40. The Hall–Kier alpha value is 0.350. The fourth-order valence-corrected chi connectivity index (χ4v) is 4.74. The van der Waals surface area contributed by atoms with Gasteiger partial charge in [-0.3, -0.25) is 0 Å². The minimum atomic E-state index is 0.423. The molecule has 0 unspecified atom stereocenters. The van der Waals surface area contributed by atoms with Crippen molar-refractivity contribution in [3.8, 4) is 0 Å². The molecule has 0 aliphatic carbocycles. The molecule has 0 spiro atoms. The first kappa shape index (κ1) is 11.4. The summed E-state index contributed by atoms with van der Waals surface area (Å²) in [4.78, 5) is 0. The molecule has 0 nitrogen and oxygen atoms in total. The summed E-state index contributed by atoms with van der Waals surface area (Å²) in [6.07, 6.45) is 2.80. The molecule has 1 fully saturated rings. The average molecular weight is 200 g/mol. The molecular weight excluding hydrogens is 176 g/mol. The molecule has 0 aromatic carbocycles. The van der Waals surface area contributed by atoms with E-state index in [2.05, 4.69) is 53.3 Å². The molecule has 1 heterocycles. The molecule has 0 amide bonds. The molecule has 78 valence electrons. The van der Waals surface area contributed by atoms with Gasteiger partial charge in [-0.2, -0.15) is 11.8 Å². The molecule has 0 N–H and O–H groups in total. The second-order valence-electron chi connectivity index (χ2n) is 6.28. The van der Waals surface area contributed by atoms with E-state index in [1.807, 2.05) is 0 Å². The van der Waals surface area contributed by atoms with Crippen LogP contribution in [-0.2, 0) is 0 Å². The molecule has 1 saturated heterocycles. The van der Waals surface area contributed by atoms with E-state index < -0.39 is 0 Å². The van der Waals surface area contributed by atoms with Crippen LogP contribution in [0.5, 0.6) is 0 Å². The van der Waals surface area contributed by atoms with E-state index >= 15 is 0 Å². The predicted octanol–water partition coefficient (Wildman–Crippen LogP) is 4.34. The summed E-state index contributed by atoms with van der Waals surface area (Å²) in [5.74, 6) is 1.36. The molecule has 0 radical (unpaired) electrons. The van der Waals surface area contributed by atoms with Crippen LogP contribution in [0.1, 0.15) is 54.4 Å². The molecule has 0 saturated carbocycles. The normalized spacial score (nSPS) is 23.5. The molecule has 1 aliphatic heterocycles. The standard InChI is InChI=1S/C12H24S/c1-10(2,3)12(11(4,5)6)8-7-9-13-12/h7-9H2,1-6H3. The summed E-state index contributed by atoms with van der Waals surface area (Å²) in [5, 5.41) is 0. The van der Waals surface area contributed by atoms with E-state index in [0.29, 0.717) is 15.6 Å². The lowest BCUT2D eigenvalue weighted by atomic mass is 9.64. The number of hydrogen-bond acceptors (Lipinski definition) is 1. The van der Waals surface area contributed by atoms with Crippen LogP contribution in [0.3, 0.4) is 0 Å². The van der Waals surface area contributed by atoms with E-state index in [1.165, 1.54) is 18.6 Å². The van der Waals surface area contributed by atoms with Crippen molar-refractivity contribution in [2.24, 2.45) is 10.8 Å². The SMILES string of the molecule is CC(C)(C)C1(C(C)(C)C)CCCS1. The minimum absolute atomic E-state index is 0.423. The molecule has 0 aromatic heterocycles. The molecule has 1 aliphatic rings. The zero-order valence-corrected chi connectivity index (χ0v) is 10.8. The van der Waals surface area contributed by atoms with Gasteiger partial charge in [-0.05, 0) is 29.4 Å². The minimum Gasteiger partial charge on any atom is -0.154 e. The first-order valence-electron chi connectivity index (χ1n) is 5.35. The zero-order valence-electron chi connectivity index (χ0n) is 10.0. The average Bonchev–Trinajstić information content (AvgIpc) is 2.28. The Labute approximate surface area is 87.9 Å². The summed E-state index contributed by atoms with van der Waals surface area (Å²) >= 11 is 2.20. The summed E-state index contributed by atoms with van der Waals surface area (Å²) in [5.41, 5.74) is 0.846. The summed E-state index contributed by atoms with van der Waals surface area (Å²) < 4.78 is 0.486. The van der Waals surface area contributed by atoms with Gasteiger partial charge in [0, 0.05) is 4.75 Å². The van der Waals surface area contributed by atoms with Gasteiger partial charge >= 0.3 is 0 Å². The maximum Gasteiger partial charge on any atom is 0.0256 e. The molecule has 0 atom stereocenters. The third-order valence-corrected chi connectivity index (χ3v) is 5.86. The van der Waals surface area contributed by atoms with Crippen LogP contribution in [0.4, 0.5) is 0 Å². The predicted molar refractivity (Wildman–Crippen MR) is 63.3 cm³/mol. The Kier molecular flexibility index (Phi) is 2.80. The van der Waals surface area contributed by atoms with Crippen LogP contribution < -0.4 is 0 Å². The topological polar surface area (TPSA) is 0 Å². The number of rotatable bonds is 0. The van der Waals surface area contributed by atoms with Crippen LogP contribution in [0, 0.1) is 10.8 Å². The van der Waals surface area contributed by atoms with Gasteiger partial charge in [-0.15, -0.1) is 0 Å². The second-order valence-corrected chi connectivity index (χ2v) is 7.67. The van der Waals surface area contributed by atoms with Gasteiger partial charge in [-0.1, -0.05) is 41.5 Å². The highest BCUT2D eigenvalue weighted by Crippen LogP contribution is 2.59. The van der Waals surface area contributed by atoms with Crippen molar-refractivity contribution in [3.05, 3.63) is 0 Å². The lowest BCUT2D eigenvalue weighted by Crippen LogP contribution is -2.48. The van der Waals surface area contributed by atoms with Crippen LogP contribution in [-0.4, -0.2) is 10.5 Å². The first-order valence-corrected chi connectivity index (χ1v) is 6.33. The monoisotopic (exact) mass is 200 g/mol. The van der Waals surface area contributed by atoms with E-state index in [0.717, 1.165) is 0 Å². The maximum absolute atomic E-state index is 2.40. The van der Waals surface area contributed by atoms with Crippen LogP contribution in [0.2, 0.25) is 0 Å². The molecular formula is C12H24S. The van der Waals surface area contributed by atoms with Gasteiger partial charge in [0.2, 0.25) is 0 Å². The van der Waals surface area contributed by atoms with Crippen molar-refractivity contribution in [2.45, 2.75) is 59.1 Å². The van der Waals surface area contributed by atoms with E-state index in [1.54, 1.807) is 0 Å². The van der Waals surface area contributed by atoms with Gasteiger partial charge in [0.15, 0.2) is 0 Å². The smallest absolute Gasteiger partial charge is 0.0256 e. The van der Waals surface area contributed by atoms with E-state index in [-0.39, 0.29) is 0 Å². The van der Waals surface area contributed by atoms with Gasteiger partial charge in [-0.25, -0.2) is 0 Å². The third kappa shape index (κ3) is 1.77. The molecule has 0 bridgehead atoms. The van der Waals surface area contributed by atoms with Crippen molar-refractivity contribution >= 4 is 11.8 Å². The Morgan fingerprint density at radius 2 is 1.38 bits per heavy atom. The molecule has 0 aromatic rings. The van der Waals surface area contributed by atoms with Gasteiger partial charge < -0.3 is 0 Å². The molecule has 1 heteroatoms. The number of hydrogen-bond donors (Lipinski definition) is 0. The van der Waals surface area contributed by atoms with Crippen LogP contribution in [0.25, 0.3) is 0 Å². The third-order valence-electron chi connectivity index (χ3n) is 3.44. The van der Waals surface area contributed by atoms with Crippen LogP contribution >= 0.6 is 11.8 Å². The fraction of sp³-hybridized carbons (Fsp3) is 1.00.